The number of rotatable bonds is 9. The van der Waals surface area contributed by atoms with Gasteiger partial charge in [-0.3, -0.25) is 24.0 Å². The van der Waals surface area contributed by atoms with E-state index in [-0.39, 0.29) is 35.2 Å². The number of methoxy groups -OCH3 is 1. The number of carbonyl (C=O) groups excluding carboxylic acids is 4. The van der Waals surface area contributed by atoms with E-state index in [1.165, 1.54) is 22.3 Å². The molecule has 3 heterocycles. The van der Waals surface area contributed by atoms with Crippen LogP contribution < -0.4 is 26.5 Å². The van der Waals surface area contributed by atoms with Gasteiger partial charge in [0.1, 0.15) is 23.9 Å². The van der Waals surface area contributed by atoms with E-state index in [4.69, 9.17) is 20.3 Å². The summed E-state index contributed by atoms with van der Waals surface area (Å²) in [6.45, 7) is 15.1. The first-order valence-electron chi connectivity index (χ1n) is 19.1. The summed E-state index contributed by atoms with van der Waals surface area (Å²) in [5.41, 5.74) is 6.18. The van der Waals surface area contributed by atoms with Gasteiger partial charge in [0, 0.05) is 34.9 Å². The largest absolute Gasteiger partial charge is 0.497 e. The molecule has 3 aliphatic rings. The van der Waals surface area contributed by atoms with Crippen LogP contribution >= 0.6 is 11.3 Å². The summed E-state index contributed by atoms with van der Waals surface area (Å²) < 4.78 is 10.6. The van der Waals surface area contributed by atoms with Crippen molar-refractivity contribution in [1.29, 1.82) is 0 Å². The van der Waals surface area contributed by atoms with Gasteiger partial charge in [-0.25, -0.2) is 9.78 Å². The number of H-pyrrole nitrogens is 1. The van der Waals surface area contributed by atoms with Crippen LogP contribution in [0.3, 0.4) is 0 Å². The average Bonchev–Trinajstić information content (AvgIpc) is 3.49. The number of aliphatic carboxylic acids is 1. The van der Waals surface area contributed by atoms with Gasteiger partial charge in [-0.1, -0.05) is 47.6 Å². The van der Waals surface area contributed by atoms with Crippen molar-refractivity contribution in [1.82, 2.24) is 20.2 Å². The summed E-state index contributed by atoms with van der Waals surface area (Å²) in [7, 11) is 1.58. The van der Waals surface area contributed by atoms with Crippen LogP contribution in [0.4, 0.5) is 9.93 Å². The summed E-state index contributed by atoms with van der Waals surface area (Å²) in [5, 5.41) is 16.7. The van der Waals surface area contributed by atoms with Crippen molar-refractivity contribution in [3.8, 4) is 17.1 Å². The quantitative estimate of drug-likeness (QED) is 0.157. The lowest BCUT2D eigenvalue weighted by atomic mass is 9.85. The number of hydrogen-bond acceptors (Lipinski definition) is 10. The van der Waals surface area contributed by atoms with Gasteiger partial charge in [0.2, 0.25) is 17.7 Å². The first kappa shape index (κ1) is 44.5. The molecular formula is C41H56N6O9S. The molecule has 15 nitrogen and oxygen atoms in total. The number of allylic oxidation sites excluding steroid dienone is 1. The highest BCUT2D eigenvalue weighted by molar-refractivity contribution is 7.14. The number of fused-ring (bicyclic) bond motifs is 1. The van der Waals surface area contributed by atoms with Crippen LogP contribution in [0.1, 0.15) is 86.5 Å². The maximum atomic E-state index is 12.9. The normalized spacial score (nSPS) is 19.6. The molecule has 1 saturated heterocycles. The van der Waals surface area contributed by atoms with E-state index < -0.39 is 40.9 Å². The predicted octanol–water partition coefficient (Wildman–Crippen LogP) is 6.08. The lowest BCUT2D eigenvalue weighted by Gasteiger charge is -2.35. The Kier molecular flexibility index (Phi) is 14.7. The smallest absolute Gasteiger partial charge is 0.408 e. The standard InChI is InChI=1S/C18H19N3O3S.C17H29N3O4.C6H8O2/c1-18(2,3)16(23)21-17-20-14(9-25-17)13-8-15(22)11-6-5-10(24-4)7-12(11)19-13;1-17(2,3)13(19-16(23)24-11-7-4-5-8-11)15(22)20-10-6-9-12(20)14(18)21;1-2-4-3-5(4)6(7)8/h5-9H,1-4H3,(H,19,22)(H,20,21,23);11-13H,4-10H2,1-3H3,(H2,18,21)(H,19,23);2,4-5H,1,3H2,(H,7,8). The molecule has 16 heteroatoms. The second kappa shape index (κ2) is 18.8. The molecule has 6 rings (SSSR count). The van der Waals surface area contributed by atoms with Crippen LogP contribution in [0.5, 0.6) is 5.75 Å². The van der Waals surface area contributed by atoms with Crippen molar-refractivity contribution in [2.45, 2.75) is 105 Å². The predicted molar refractivity (Wildman–Crippen MR) is 219 cm³/mol. The molecule has 4 atom stereocenters. The molecule has 4 unspecified atom stereocenters. The van der Waals surface area contributed by atoms with E-state index in [1.807, 2.05) is 41.5 Å². The van der Waals surface area contributed by atoms with Crippen molar-refractivity contribution in [3.05, 3.63) is 52.5 Å². The van der Waals surface area contributed by atoms with Crippen molar-refractivity contribution in [3.63, 3.8) is 0 Å². The van der Waals surface area contributed by atoms with Crippen LogP contribution in [0.15, 0.2) is 47.1 Å². The number of hydrogen-bond donors (Lipinski definition) is 5. The van der Waals surface area contributed by atoms with Crippen molar-refractivity contribution in [2.24, 2.45) is 28.4 Å². The van der Waals surface area contributed by atoms with Gasteiger partial charge in [0.05, 0.1) is 29.9 Å². The number of amides is 4. The molecular weight excluding hydrogens is 753 g/mol. The number of ether oxygens (including phenoxy) is 2. The fraction of sp³-hybridized carbons (Fsp3) is 0.537. The number of primary amides is 1. The van der Waals surface area contributed by atoms with Crippen molar-refractivity contribution in [2.75, 3.05) is 19.0 Å². The zero-order valence-electron chi connectivity index (χ0n) is 33.8. The number of alkyl carbamates (subject to hydrolysis) is 1. The zero-order valence-corrected chi connectivity index (χ0v) is 34.6. The van der Waals surface area contributed by atoms with E-state index in [9.17, 15) is 28.8 Å². The number of nitrogens with zero attached hydrogens (tertiary/aromatic N) is 2. The first-order chi connectivity index (χ1) is 26.7. The topological polar surface area (TPSA) is 223 Å². The highest BCUT2D eigenvalue weighted by Gasteiger charge is 2.42. The number of carboxylic acid groups (broad SMARTS) is 1. The lowest BCUT2D eigenvalue weighted by molar-refractivity contribution is -0.141. The number of anilines is 1. The van der Waals surface area contributed by atoms with E-state index in [2.05, 4.69) is 27.2 Å². The molecule has 310 valence electrons. The van der Waals surface area contributed by atoms with Crippen LogP contribution in [-0.2, 0) is 23.9 Å². The number of likely N-dealkylation sites (tertiary alicyclic amines) is 1. The molecule has 0 spiro atoms. The number of aromatic amines is 1. The highest BCUT2D eigenvalue weighted by Crippen LogP contribution is 2.39. The van der Waals surface area contributed by atoms with Gasteiger partial charge in [-0.15, -0.1) is 17.9 Å². The molecule has 3 aromatic rings. The third-order valence-electron chi connectivity index (χ3n) is 9.99. The Morgan fingerprint density at radius 3 is 2.30 bits per heavy atom. The van der Waals surface area contributed by atoms with Gasteiger partial charge < -0.3 is 40.8 Å². The fourth-order valence-corrected chi connectivity index (χ4v) is 7.15. The molecule has 2 saturated carbocycles. The molecule has 1 aliphatic heterocycles. The number of nitrogens with two attached hydrogens (primary N) is 1. The Hall–Kier alpha value is -5.25. The van der Waals surface area contributed by atoms with Crippen LogP contribution in [0.25, 0.3) is 22.3 Å². The third kappa shape index (κ3) is 12.1. The summed E-state index contributed by atoms with van der Waals surface area (Å²) in [4.78, 5) is 80.3. The average molecular weight is 809 g/mol. The van der Waals surface area contributed by atoms with Gasteiger partial charge in [0.25, 0.3) is 0 Å². The molecule has 3 fully saturated rings. The van der Waals surface area contributed by atoms with Gasteiger partial charge in [-0.05, 0) is 68.4 Å². The Morgan fingerprint density at radius 1 is 1.07 bits per heavy atom. The molecule has 0 bridgehead atoms. The van der Waals surface area contributed by atoms with Crippen LogP contribution in [-0.4, -0.2) is 81.6 Å². The van der Waals surface area contributed by atoms with E-state index in [0.29, 0.717) is 46.1 Å². The van der Waals surface area contributed by atoms with E-state index in [0.717, 1.165) is 38.5 Å². The van der Waals surface area contributed by atoms with Gasteiger partial charge in [-0.2, -0.15) is 0 Å². The van der Waals surface area contributed by atoms with Crippen LogP contribution in [0, 0.1) is 22.7 Å². The Labute approximate surface area is 336 Å². The number of aromatic nitrogens is 2. The Balaban J connectivity index is 0.000000212. The van der Waals surface area contributed by atoms with Crippen molar-refractivity contribution < 1.29 is 38.6 Å². The maximum Gasteiger partial charge on any atom is 0.408 e. The number of thiazole rings is 1. The summed E-state index contributed by atoms with van der Waals surface area (Å²) in [6.07, 6.45) is 7.05. The molecule has 1 aromatic carbocycles. The fourth-order valence-electron chi connectivity index (χ4n) is 6.45. The molecule has 6 N–H and O–H groups in total. The number of nitrogens with one attached hydrogen (secondary N) is 3. The second-order valence-corrected chi connectivity index (χ2v) is 17.5. The minimum absolute atomic E-state index is 0.0640. The molecule has 4 amide bonds. The van der Waals surface area contributed by atoms with Gasteiger partial charge >= 0.3 is 12.1 Å². The number of pyridine rings is 1. The lowest BCUT2D eigenvalue weighted by Crippen LogP contribution is -2.57. The first-order valence-corrected chi connectivity index (χ1v) is 20.0. The molecule has 2 aromatic heterocycles. The Bertz CT molecular complexity index is 2010. The molecule has 2 aliphatic carbocycles. The number of carboxylic acids is 1. The van der Waals surface area contributed by atoms with Crippen molar-refractivity contribution >= 4 is 57.2 Å². The summed E-state index contributed by atoms with van der Waals surface area (Å²) in [5.74, 6) is -0.758. The number of carbonyl (C=O) groups is 5. The number of benzene rings is 1. The minimum atomic E-state index is -0.758. The molecule has 0 radical (unpaired) electrons. The van der Waals surface area contributed by atoms with Gasteiger partial charge in [0.15, 0.2) is 10.6 Å². The Morgan fingerprint density at radius 2 is 1.75 bits per heavy atom. The maximum absolute atomic E-state index is 12.9. The van der Waals surface area contributed by atoms with E-state index in [1.54, 1.807) is 36.8 Å². The SMILES string of the molecule is C=CC1CC1C(=O)O.CC(C)(C)C(NC(=O)OC1CCCC1)C(=O)N1CCCC1C(N)=O.COc1ccc2c(=O)cc(-c3csc(NC(=O)C(C)(C)C)n3)[nH]c2c1. The monoisotopic (exact) mass is 808 g/mol. The van der Waals surface area contributed by atoms with E-state index >= 15 is 0 Å². The summed E-state index contributed by atoms with van der Waals surface area (Å²) >= 11 is 1.32. The third-order valence-corrected chi connectivity index (χ3v) is 10.8. The molecule has 57 heavy (non-hydrogen) atoms. The second-order valence-electron chi connectivity index (χ2n) is 16.6. The zero-order chi connectivity index (χ0) is 42.2. The highest BCUT2D eigenvalue weighted by atomic mass is 32.1. The van der Waals surface area contributed by atoms with Crippen LogP contribution in [0.2, 0.25) is 0 Å². The summed E-state index contributed by atoms with van der Waals surface area (Å²) in [6, 6.07) is 5.42. The minimum Gasteiger partial charge on any atom is -0.497 e.